The molecule has 0 saturated carbocycles. The van der Waals surface area contributed by atoms with E-state index in [0.717, 1.165) is 43.2 Å². The number of nitrogens with two attached hydrogens (primary N) is 1. The van der Waals surface area contributed by atoms with Gasteiger partial charge in [-0.2, -0.15) is 0 Å². The lowest BCUT2D eigenvalue weighted by Gasteiger charge is -2.30. The molecule has 2 aromatic rings. The summed E-state index contributed by atoms with van der Waals surface area (Å²) >= 11 is 1.68. The first-order valence-corrected chi connectivity index (χ1v) is 9.31. The summed E-state index contributed by atoms with van der Waals surface area (Å²) in [6.07, 6.45) is 1.69. The highest BCUT2D eigenvalue weighted by Gasteiger charge is 2.25. The summed E-state index contributed by atoms with van der Waals surface area (Å²) in [5, 5.41) is 6.16. The van der Waals surface area contributed by atoms with Crippen LogP contribution in [-0.2, 0) is 11.3 Å². The number of methoxy groups -OCH3 is 1. The number of nitrogens with zero attached hydrogens (tertiary/aromatic N) is 2. The normalized spacial score (nSPS) is 14.7. The standard InChI is InChI=1S/C18H24N4O2S.2ClH/c1-12-20-14(11-25-12)10-22-7-5-13(6-8-22)18(23)21-17-9-15(24-2)3-4-16(17)19;;/h3-4,9,11,13H,5-8,10,19H2,1-2H3,(H,21,23);2*1H. The Morgan fingerprint density at radius 3 is 2.67 bits per heavy atom. The molecular formula is C18H26Cl2N4O2S. The topological polar surface area (TPSA) is 80.5 Å². The Bertz CT molecular complexity index is 749. The zero-order chi connectivity index (χ0) is 17.8. The van der Waals surface area contributed by atoms with Gasteiger partial charge in [0, 0.05) is 23.9 Å². The summed E-state index contributed by atoms with van der Waals surface area (Å²) in [5.74, 6) is 0.723. The Morgan fingerprint density at radius 1 is 1.37 bits per heavy atom. The minimum Gasteiger partial charge on any atom is -0.497 e. The lowest BCUT2D eigenvalue weighted by atomic mass is 9.95. The number of anilines is 2. The molecule has 0 unspecified atom stereocenters. The fourth-order valence-electron chi connectivity index (χ4n) is 3.07. The van der Waals surface area contributed by atoms with Gasteiger partial charge in [0.1, 0.15) is 5.75 Å². The molecule has 9 heteroatoms. The van der Waals surface area contributed by atoms with Crippen LogP contribution in [0.2, 0.25) is 0 Å². The van der Waals surface area contributed by atoms with Gasteiger partial charge in [-0.15, -0.1) is 36.2 Å². The smallest absolute Gasteiger partial charge is 0.227 e. The Balaban J connectivity index is 0.00000182. The first kappa shape index (κ1) is 23.5. The number of hydrogen-bond acceptors (Lipinski definition) is 6. The van der Waals surface area contributed by atoms with Crippen LogP contribution in [0.15, 0.2) is 23.6 Å². The van der Waals surface area contributed by atoms with Crippen LogP contribution in [0.3, 0.4) is 0 Å². The van der Waals surface area contributed by atoms with Gasteiger partial charge in [-0.25, -0.2) is 4.98 Å². The Labute approximate surface area is 176 Å². The summed E-state index contributed by atoms with van der Waals surface area (Å²) in [5.41, 5.74) is 8.23. The molecule has 1 aliphatic rings. The molecule has 3 rings (SSSR count). The van der Waals surface area contributed by atoms with E-state index in [4.69, 9.17) is 10.5 Å². The molecule has 1 aromatic carbocycles. The second-order valence-corrected chi connectivity index (χ2v) is 7.41. The van der Waals surface area contributed by atoms with Gasteiger partial charge in [-0.1, -0.05) is 0 Å². The lowest BCUT2D eigenvalue weighted by Crippen LogP contribution is -2.37. The van der Waals surface area contributed by atoms with Gasteiger partial charge in [0.2, 0.25) is 5.91 Å². The minimum atomic E-state index is 0. The molecule has 1 fully saturated rings. The van der Waals surface area contributed by atoms with Gasteiger partial charge in [-0.05, 0) is 45.0 Å². The van der Waals surface area contributed by atoms with E-state index >= 15 is 0 Å². The third-order valence-corrected chi connectivity index (χ3v) is 5.35. The van der Waals surface area contributed by atoms with Gasteiger partial charge < -0.3 is 15.8 Å². The molecule has 0 spiro atoms. The van der Waals surface area contributed by atoms with E-state index in [0.29, 0.717) is 17.1 Å². The van der Waals surface area contributed by atoms with Crippen LogP contribution in [0.4, 0.5) is 11.4 Å². The average Bonchev–Trinajstić information content (AvgIpc) is 3.02. The van der Waals surface area contributed by atoms with E-state index < -0.39 is 0 Å². The van der Waals surface area contributed by atoms with Crippen molar-refractivity contribution in [3.63, 3.8) is 0 Å². The molecular weight excluding hydrogens is 407 g/mol. The second kappa shape index (κ2) is 10.7. The Hall–Kier alpha value is -1.54. The van der Waals surface area contributed by atoms with Crippen molar-refractivity contribution in [1.82, 2.24) is 9.88 Å². The maximum atomic E-state index is 12.6. The number of halogens is 2. The molecule has 0 radical (unpaired) electrons. The number of benzene rings is 1. The van der Waals surface area contributed by atoms with Crippen LogP contribution in [0.5, 0.6) is 5.75 Å². The highest BCUT2D eigenvalue weighted by Crippen LogP contribution is 2.27. The lowest BCUT2D eigenvalue weighted by molar-refractivity contribution is -0.121. The van der Waals surface area contributed by atoms with Gasteiger partial charge in [0.15, 0.2) is 0 Å². The molecule has 1 aromatic heterocycles. The van der Waals surface area contributed by atoms with Crippen molar-refractivity contribution in [2.75, 3.05) is 31.2 Å². The molecule has 150 valence electrons. The number of carbonyl (C=O) groups excluding carboxylic acids is 1. The zero-order valence-electron chi connectivity index (χ0n) is 15.4. The predicted octanol–water partition coefficient (Wildman–Crippen LogP) is 3.74. The van der Waals surface area contributed by atoms with Gasteiger partial charge in [0.25, 0.3) is 0 Å². The highest BCUT2D eigenvalue weighted by molar-refractivity contribution is 7.09. The molecule has 1 saturated heterocycles. The van der Waals surface area contributed by atoms with E-state index in [-0.39, 0.29) is 36.6 Å². The number of hydrogen-bond donors (Lipinski definition) is 2. The molecule has 0 aliphatic carbocycles. The summed E-state index contributed by atoms with van der Waals surface area (Å²) in [7, 11) is 1.59. The second-order valence-electron chi connectivity index (χ2n) is 6.35. The Morgan fingerprint density at radius 2 is 2.07 bits per heavy atom. The van der Waals surface area contributed by atoms with Crippen LogP contribution < -0.4 is 15.8 Å². The molecule has 0 atom stereocenters. The summed E-state index contributed by atoms with van der Waals surface area (Å²) in [6, 6.07) is 5.28. The number of rotatable bonds is 5. The minimum absolute atomic E-state index is 0. The van der Waals surface area contributed by atoms with Gasteiger partial charge in [0.05, 0.1) is 29.2 Å². The molecule has 6 nitrogen and oxygen atoms in total. The number of likely N-dealkylation sites (tertiary alicyclic amines) is 1. The molecule has 0 bridgehead atoms. The van der Waals surface area contributed by atoms with Crippen molar-refractivity contribution in [2.45, 2.75) is 26.3 Å². The van der Waals surface area contributed by atoms with Gasteiger partial charge >= 0.3 is 0 Å². The number of piperidine rings is 1. The van der Waals surface area contributed by atoms with Gasteiger partial charge in [-0.3, -0.25) is 9.69 Å². The number of nitrogens with one attached hydrogen (secondary N) is 1. The largest absolute Gasteiger partial charge is 0.497 e. The molecule has 2 heterocycles. The predicted molar refractivity (Wildman–Crippen MR) is 115 cm³/mol. The van der Waals surface area contributed by atoms with Crippen molar-refractivity contribution >= 4 is 53.4 Å². The quantitative estimate of drug-likeness (QED) is 0.703. The molecule has 1 amide bonds. The van der Waals surface area contributed by atoms with E-state index in [9.17, 15) is 4.79 Å². The average molecular weight is 433 g/mol. The van der Waals surface area contributed by atoms with Crippen LogP contribution in [0.1, 0.15) is 23.5 Å². The number of carbonyl (C=O) groups is 1. The van der Waals surface area contributed by atoms with Crippen LogP contribution in [-0.4, -0.2) is 36.0 Å². The monoisotopic (exact) mass is 432 g/mol. The number of nitrogen functional groups attached to an aromatic ring is 1. The SMILES string of the molecule is COc1ccc(N)c(NC(=O)C2CCN(Cc3csc(C)n3)CC2)c1.Cl.Cl. The summed E-state index contributed by atoms with van der Waals surface area (Å²) in [6.45, 7) is 4.70. The first-order valence-electron chi connectivity index (χ1n) is 8.43. The molecule has 27 heavy (non-hydrogen) atoms. The number of aryl methyl sites for hydroxylation is 1. The summed E-state index contributed by atoms with van der Waals surface area (Å²) < 4.78 is 5.19. The van der Waals surface area contributed by atoms with E-state index in [1.807, 2.05) is 6.92 Å². The van der Waals surface area contributed by atoms with Crippen molar-refractivity contribution in [1.29, 1.82) is 0 Å². The maximum absolute atomic E-state index is 12.6. The summed E-state index contributed by atoms with van der Waals surface area (Å²) in [4.78, 5) is 19.4. The number of aromatic nitrogens is 1. The maximum Gasteiger partial charge on any atom is 0.227 e. The third kappa shape index (κ3) is 6.24. The number of thiazole rings is 1. The van der Waals surface area contributed by atoms with Crippen molar-refractivity contribution in [3.05, 3.63) is 34.3 Å². The van der Waals surface area contributed by atoms with E-state index in [1.165, 1.54) is 0 Å². The fourth-order valence-corrected chi connectivity index (χ4v) is 3.67. The van der Waals surface area contributed by atoms with Crippen molar-refractivity contribution in [3.8, 4) is 5.75 Å². The molecule has 1 aliphatic heterocycles. The van der Waals surface area contributed by atoms with Crippen LogP contribution in [0, 0.1) is 12.8 Å². The molecule has 3 N–H and O–H groups in total. The Kier molecular flexibility index (Phi) is 9.32. The van der Waals surface area contributed by atoms with E-state index in [1.54, 1.807) is 36.6 Å². The number of amides is 1. The fraction of sp³-hybridized carbons (Fsp3) is 0.444. The number of ether oxygens (including phenoxy) is 1. The zero-order valence-corrected chi connectivity index (χ0v) is 17.9. The highest BCUT2D eigenvalue weighted by atomic mass is 35.5. The van der Waals surface area contributed by atoms with Crippen LogP contribution >= 0.6 is 36.2 Å². The van der Waals surface area contributed by atoms with E-state index in [2.05, 4.69) is 20.6 Å². The third-order valence-electron chi connectivity index (χ3n) is 4.53. The van der Waals surface area contributed by atoms with Crippen LogP contribution in [0.25, 0.3) is 0 Å². The van der Waals surface area contributed by atoms with Crippen molar-refractivity contribution in [2.24, 2.45) is 5.92 Å². The van der Waals surface area contributed by atoms with Crippen molar-refractivity contribution < 1.29 is 9.53 Å². The first-order chi connectivity index (χ1) is 12.0.